The predicted molar refractivity (Wildman–Crippen MR) is 99.4 cm³/mol. The van der Waals surface area contributed by atoms with E-state index in [1.165, 1.54) is 19.2 Å². The number of nitrogens with one attached hydrogen (secondary N) is 4. The van der Waals surface area contributed by atoms with Crippen LogP contribution in [-0.4, -0.2) is 33.4 Å². The van der Waals surface area contributed by atoms with E-state index in [1.54, 1.807) is 49.4 Å². The fourth-order valence-electron chi connectivity index (χ4n) is 2.08. The summed E-state index contributed by atoms with van der Waals surface area (Å²) in [5.74, 6) is -0.514. The minimum absolute atomic E-state index is 0.150. The van der Waals surface area contributed by atoms with Crippen LogP contribution in [0.4, 0.5) is 16.2 Å². The molecule has 0 fully saturated rings. The van der Waals surface area contributed by atoms with Crippen molar-refractivity contribution in [2.45, 2.75) is 17.9 Å². The van der Waals surface area contributed by atoms with Gasteiger partial charge in [0.1, 0.15) is 6.04 Å². The van der Waals surface area contributed by atoms with Crippen LogP contribution < -0.4 is 20.7 Å². The van der Waals surface area contributed by atoms with Crippen LogP contribution in [0.1, 0.15) is 6.92 Å². The average molecular weight is 376 g/mol. The Morgan fingerprint density at radius 1 is 0.962 bits per heavy atom. The molecule has 0 saturated heterocycles. The van der Waals surface area contributed by atoms with Gasteiger partial charge in [-0.3, -0.25) is 14.8 Å². The highest BCUT2D eigenvalue weighted by Crippen LogP contribution is 2.20. The second-order valence-corrected chi connectivity index (χ2v) is 7.12. The third-order valence-corrected chi connectivity index (χ3v) is 4.81. The Hall–Kier alpha value is -3.07. The molecule has 1 atom stereocenters. The topological polar surface area (TPSA) is 116 Å². The van der Waals surface area contributed by atoms with E-state index in [1.807, 2.05) is 0 Å². The Kier molecular flexibility index (Phi) is 6.18. The van der Waals surface area contributed by atoms with Gasteiger partial charge in [0.05, 0.1) is 10.6 Å². The third-order valence-electron chi connectivity index (χ3n) is 3.41. The van der Waals surface area contributed by atoms with Crippen molar-refractivity contribution in [3.8, 4) is 0 Å². The highest BCUT2D eigenvalue weighted by Gasteiger charge is 2.16. The van der Waals surface area contributed by atoms with Gasteiger partial charge in [0, 0.05) is 12.7 Å². The van der Waals surface area contributed by atoms with E-state index in [4.69, 9.17) is 0 Å². The molecule has 2 aromatic rings. The second kappa shape index (κ2) is 8.34. The highest BCUT2D eigenvalue weighted by molar-refractivity contribution is 7.92. The van der Waals surface area contributed by atoms with E-state index < -0.39 is 28.0 Å². The Bertz CT molecular complexity index is 885. The molecule has 0 radical (unpaired) electrons. The first-order chi connectivity index (χ1) is 12.3. The van der Waals surface area contributed by atoms with E-state index in [9.17, 15) is 18.0 Å². The molecule has 0 aromatic heterocycles. The van der Waals surface area contributed by atoms with Gasteiger partial charge in [-0.15, -0.1) is 0 Å². The van der Waals surface area contributed by atoms with Crippen LogP contribution in [0.3, 0.4) is 0 Å². The van der Waals surface area contributed by atoms with Crippen LogP contribution in [0.2, 0.25) is 0 Å². The van der Waals surface area contributed by atoms with Gasteiger partial charge in [0.2, 0.25) is 5.91 Å². The molecule has 138 valence electrons. The molecule has 26 heavy (non-hydrogen) atoms. The van der Waals surface area contributed by atoms with Crippen LogP contribution in [0, 0.1) is 0 Å². The third kappa shape index (κ3) is 5.21. The second-order valence-electron chi connectivity index (χ2n) is 5.43. The summed E-state index contributed by atoms with van der Waals surface area (Å²) >= 11 is 0. The molecule has 9 heteroatoms. The molecule has 0 spiro atoms. The van der Waals surface area contributed by atoms with Crippen molar-refractivity contribution in [2.24, 2.45) is 0 Å². The largest absolute Gasteiger partial charge is 0.374 e. The monoisotopic (exact) mass is 376 g/mol. The summed E-state index contributed by atoms with van der Waals surface area (Å²) in [6.45, 7) is 1.58. The van der Waals surface area contributed by atoms with Gasteiger partial charge in [-0.05, 0) is 37.3 Å². The zero-order valence-electron chi connectivity index (χ0n) is 14.3. The van der Waals surface area contributed by atoms with Crippen LogP contribution in [0.15, 0.2) is 59.5 Å². The van der Waals surface area contributed by atoms with Gasteiger partial charge in [0.25, 0.3) is 10.0 Å². The minimum atomic E-state index is -3.70. The summed E-state index contributed by atoms with van der Waals surface area (Å²) in [6, 6.07) is 13.2. The number of hydrogen-bond acceptors (Lipinski definition) is 5. The molecule has 8 nitrogen and oxygen atoms in total. The molecule has 0 unspecified atom stereocenters. The quantitative estimate of drug-likeness (QED) is 0.613. The van der Waals surface area contributed by atoms with Crippen LogP contribution in [0.5, 0.6) is 0 Å². The number of carbonyl (C=O) groups is 2. The maximum absolute atomic E-state index is 12.4. The molecular formula is C17H20N4O4S. The van der Waals surface area contributed by atoms with E-state index in [2.05, 4.69) is 20.7 Å². The summed E-state index contributed by atoms with van der Waals surface area (Å²) in [6.07, 6.45) is 0. The summed E-state index contributed by atoms with van der Waals surface area (Å²) in [7, 11) is -2.30. The summed E-state index contributed by atoms with van der Waals surface area (Å²) < 4.78 is 27.2. The predicted octanol–water partition coefficient (Wildman–Crippen LogP) is 1.74. The highest BCUT2D eigenvalue weighted by atomic mass is 32.2. The lowest BCUT2D eigenvalue weighted by molar-refractivity contribution is -0.120. The maximum atomic E-state index is 12.4. The normalized spacial score (nSPS) is 11.9. The Morgan fingerprint density at radius 3 is 2.27 bits per heavy atom. The Morgan fingerprint density at radius 2 is 1.62 bits per heavy atom. The summed E-state index contributed by atoms with van der Waals surface area (Å²) in [5, 5.41) is 7.36. The van der Waals surface area contributed by atoms with Crippen molar-refractivity contribution in [1.82, 2.24) is 10.6 Å². The van der Waals surface area contributed by atoms with E-state index in [0.717, 1.165) is 0 Å². The lowest BCUT2D eigenvalue weighted by atomic mass is 10.2. The smallest absolute Gasteiger partial charge is 0.321 e. The van der Waals surface area contributed by atoms with Crippen molar-refractivity contribution in [2.75, 3.05) is 17.1 Å². The maximum Gasteiger partial charge on any atom is 0.321 e. The number of rotatable bonds is 6. The standard InChI is InChI=1S/C17H20N4O4S/c1-12(16(22)20-17(23)18-2)19-13-7-6-8-14(11-13)21-26(24,25)15-9-4-3-5-10-15/h3-12,19,21H,1-2H3,(H2,18,20,22,23)/t12-/m1/s1. The Labute approximate surface area is 152 Å². The molecule has 3 amide bonds. The van der Waals surface area contributed by atoms with Gasteiger partial charge in [-0.2, -0.15) is 0 Å². The average Bonchev–Trinajstić information content (AvgIpc) is 2.62. The first kappa shape index (κ1) is 19.3. The van der Waals surface area contributed by atoms with Gasteiger partial charge in [-0.25, -0.2) is 13.2 Å². The van der Waals surface area contributed by atoms with Crippen molar-refractivity contribution < 1.29 is 18.0 Å². The summed E-state index contributed by atoms with van der Waals surface area (Å²) in [5.41, 5.74) is 0.871. The van der Waals surface area contributed by atoms with Crippen LogP contribution in [-0.2, 0) is 14.8 Å². The SMILES string of the molecule is CNC(=O)NC(=O)[C@@H](C)Nc1cccc(NS(=O)(=O)c2ccccc2)c1. The van der Waals surface area contributed by atoms with E-state index in [-0.39, 0.29) is 4.90 Å². The first-order valence-corrected chi connectivity index (χ1v) is 9.27. The van der Waals surface area contributed by atoms with E-state index >= 15 is 0 Å². The van der Waals surface area contributed by atoms with Crippen LogP contribution >= 0.6 is 0 Å². The van der Waals surface area contributed by atoms with Gasteiger partial charge in [-0.1, -0.05) is 24.3 Å². The number of urea groups is 1. The fraction of sp³-hybridized carbons (Fsp3) is 0.176. The van der Waals surface area contributed by atoms with Crippen molar-refractivity contribution in [3.63, 3.8) is 0 Å². The van der Waals surface area contributed by atoms with Crippen molar-refractivity contribution >= 4 is 33.3 Å². The molecule has 0 heterocycles. The van der Waals surface area contributed by atoms with Gasteiger partial charge in [0.15, 0.2) is 0 Å². The molecule has 0 aliphatic heterocycles. The molecule has 0 aliphatic rings. The molecule has 4 N–H and O–H groups in total. The fourth-order valence-corrected chi connectivity index (χ4v) is 3.15. The minimum Gasteiger partial charge on any atom is -0.374 e. The Balaban J connectivity index is 2.08. The molecule has 0 aliphatic carbocycles. The number of benzene rings is 2. The zero-order valence-corrected chi connectivity index (χ0v) is 15.1. The lowest BCUT2D eigenvalue weighted by Crippen LogP contribution is -2.44. The number of sulfonamides is 1. The summed E-state index contributed by atoms with van der Waals surface area (Å²) in [4.78, 5) is 23.2. The number of imide groups is 1. The number of anilines is 2. The first-order valence-electron chi connectivity index (χ1n) is 7.79. The zero-order chi connectivity index (χ0) is 19.2. The molecule has 2 aromatic carbocycles. The van der Waals surface area contributed by atoms with Crippen LogP contribution in [0.25, 0.3) is 0 Å². The molecule has 0 bridgehead atoms. The molecule has 0 saturated carbocycles. The molecular weight excluding hydrogens is 356 g/mol. The lowest BCUT2D eigenvalue weighted by Gasteiger charge is -2.15. The number of amides is 3. The van der Waals surface area contributed by atoms with Crippen molar-refractivity contribution in [1.29, 1.82) is 0 Å². The number of carbonyl (C=O) groups excluding carboxylic acids is 2. The van der Waals surface area contributed by atoms with E-state index in [0.29, 0.717) is 11.4 Å². The number of hydrogen-bond donors (Lipinski definition) is 4. The van der Waals surface area contributed by atoms with Gasteiger partial charge < -0.3 is 10.6 Å². The van der Waals surface area contributed by atoms with Gasteiger partial charge >= 0.3 is 6.03 Å². The molecule has 2 rings (SSSR count). The van der Waals surface area contributed by atoms with Crippen molar-refractivity contribution in [3.05, 3.63) is 54.6 Å².